The van der Waals surface area contributed by atoms with Crippen molar-refractivity contribution in [1.29, 1.82) is 0 Å². The van der Waals surface area contributed by atoms with Gasteiger partial charge in [-0.25, -0.2) is 0 Å². The second-order valence-electron chi connectivity index (χ2n) is 7.84. The van der Waals surface area contributed by atoms with Crippen molar-refractivity contribution < 1.29 is 14.1 Å². The van der Waals surface area contributed by atoms with Gasteiger partial charge in [-0.3, -0.25) is 9.69 Å². The Labute approximate surface area is 207 Å². The van der Waals surface area contributed by atoms with Gasteiger partial charge in [-0.05, 0) is 56.3 Å². The van der Waals surface area contributed by atoms with Crippen molar-refractivity contribution in [3.05, 3.63) is 53.6 Å². The molecule has 1 aliphatic heterocycles. The summed E-state index contributed by atoms with van der Waals surface area (Å²) in [6.07, 6.45) is 3.85. The number of nitrogens with zero attached hydrogens (tertiary/aromatic N) is 2. The van der Waals surface area contributed by atoms with Crippen LogP contribution >= 0.6 is 34.8 Å². The van der Waals surface area contributed by atoms with Crippen molar-refractivity contribution in [1.82, 2.24) is 10.1 Å². The largest absolute Gasteiger partial charge is 0.492 e. The highest BCUT2D eigenvalue weighted by Crippen LogP contribution is 2.33. The normalized spacial score (nSPS) is 14.4. The number of carbonyl (C=O) groups is 1. The Morgan fingerprint density at radius 2 is 1.94 bits per heavy atom. The number of ether oxygens (including phenoxy) is 1. The zero-order valence-corrected chi connectivity index (χ0v) is 20.2. The average Bonchev–Trinajstić information content (AvgIpc) is 3.30. The minimum atomic E-state index is -1.15. The van der Waals surface area contributed by atoms with Gasteiger partial charge < -0.3 is 14.6 Å². The summed E-state index contributed by atoms with van der Waals surface area (Å²) in [5.41, 5.74) is 2.63. The van der Waals surface area contributed by atoms with Crippen LogP contribution in [0.4, 0.5) is 5.69 Å². The van der Waals surface area contributed by atoms with E-state index in [1.54, 1.807) is 30.3 Å². The van der Waals surface area contributed by atoms with Crippen LogP contribution in [-0.2, 0) is 4.79 Å². The molecule has 4 rings (SSSR count). The zero-order valence-electron chi connectivity index (χ0n) is 17.9. The Bertz CT molecular complexity index is 1100. The molecule has 0 atom stereocenters. The number of nitrogens with one attached hydrogen (secondary N) is 1. The smallest absolute Gasteiger partial charge is 0.257 e. The van der Waals surface area contributed by atoms with Crippen LogP contribution in [0, 0.1) is 0 Å². The molecule has 33 heavy (non-hydrogen) atoms. The Hall–Kier alpha value is -2.25. The van der Waals surface area contributed by atoms with Gasteiger partial charge in [-0.2, -0.15) is 0 Å². The SMILES string of the molecule is O=C(Nc1cccc(-c2cc(-c3ccc(OCCN4CCCCC4)cc3Cl)no2)c1)C(Cl)Cl. The fraction of sp³-hybridized carbons (Fsp3) is 0.333. The standard InChI is InChI=1S/C24H24Cl3N3O3/c25-20-14-18(32-12-11-30-9-2-1-3-10-30)7-8-19(20)21-15-22(33-29-21)16-5-4-6-17(13-16)28-24(31)23(26)27/h4-8,13-15,23H,1-3,9-12H2,(H,28,31). The van der Waals surface area contributed by atoms with E-state index < -0.39 is 10.7 Å². The van der Waals surface area contributed by atoms with Crippen molar-refractivity contribution in [2.24, 2.45) is 0 Å². The second-order valence-corrected chi connectivity index (χ2v) is 9.34. The number of amides is 1. The van der Waals surface area contributed by atoms with E-state index in [0.717, 1.165) is 36.5 Å². The highest BCUT2D eigenvalue weighted by Gasteiger charge is 2.15. The number of rotatable bonds is 8. The molecule has 174 valence electrons. The second kappa shape index (κ2) is 11.3. The first-order valence-corrected chi connectivity index (χ1v) is 12.1. The van der Waals surface area contributed by atoms with Gasteiger partial charge >= 0.3 is 0 Å². The maximum atomic E-state index is 11.7. The van der Waals surface area contributed by atoms with Crippen molar-refractivity contribution in [3.8, 4) is 28.3 Å². The van der Waals surface area contributed by atoms with E-state index >= 15 is 0 Å². The van der Waals surface area contributed by atoms with Crippen LogP contribution < -0.4 is 10.1 Å². The van der Waals surface area contributed by atoms with Crippen molar-refractivity contribution in [2.45, 2.75) is 24.1 Å². The molecule has 1 amide bonds. The molecule has 0 saturated carbocycles. The maximum Gasteiger partial charge on any atom is 0.257 e. The molecule has 6 nitrogen and oxygen atoms in total. The number of aromatic nitrogens is 1. The number of anilines is 1. The van der Waals surface area contributed by atoms with E-state index in [2.05, 4.69) is 15.4 Å². The Kier molecular flexibility index (Phi) is 8.15. The predicted molar refractivity (Wildman–Crippen MR) is 132 cm³/mol. The molecule has 1 saturated heterocycles. The third-order valence-electron chi connectivity index (χ3n) is 5.46. The molecule has 2 aromatic carbocycles. The van der Waals surface area contributed by atoms with E-state index in [1.165, 1.54) is 19.3 Å². The molecule has 0 spiro atoms. The lowest BCUT2D eigenvalue weighted by atomic mass is 10.1. The van der Waals surface area contributed by atoms with E-state index in [1.807, 2.05) is 18.2 Å². The highest BCUT2D eigenvalue weighted by atomic mass is 35.5. The third-order valence-corrected chi connectivity index (χ3v) is 6.17. The first kappa shape index (κ1) is 23.9. The summed E-state index contributed by atoms with van der Waals surface area (Å²) in [4.78, 5) is 13.0. The van der Waals surface area contributed by atoms with Crippen molar-refractivity contribution in [2.75, 3.05) is 31.6 Å². The van der Waals surface area contributed by atoms with E-state index in [-0.39, 0.29) is 0 Å². The maximum absolute atomic E-state index is 11.7. The number of benzene rings is 2. The Morgan fingerprint density at radius 1 is 1.12 bits per heavy atom. The lowest BCUT2D eigenvalue weighted by molar-refractivity contribution is -0.114. The molecule has 0 bridgehead atoms. The van der Waals surface area contributed by atoms with Gasteiger partial charge in [0.15, 0.2) is 10.6 Å². The minimum Gasteiger partial charge on any atom is -0.492 e. The van der Waals surface area contributed by atoms with Crippen molar-refractivity contribution >= 4 is 46.4 Å². The minimum absolute atomic E-state index is 0.501. The summed E-state index contributed by atoms with van der Waals surface area (Å²) in [6.45, 7) is 3.84. The van der Waals surface area contributed by atoms with Crippen LogP contribution in [0.3, 0.4) is 0 Å². The molecule has 1 fully saturated rings. The van der Waals surface area contributed by atoms with Crippen LogP contribution in [0.2, 0.25) is 5.02 Å². The number of piperidine rings is 1. The summed E-state index contributed by atoms with van der Waals surface area (Å²) < 4.78 is 11.4. The highest BCUT2D eigenvalue weighted by molar-refractivity contribution is 6.54. The van der Waals surface area contributed by atoms with Gasteiger partial charge in [0.1, 0.15) is 18.1 Å². The lowest BCUT2D eigenvalue weighted by Gasteiger charge is -2.26. The van der Waals surface area contributed by atoms with Gasteiger partial charge in [0.05, 0.1) is 5.02 Å². The molecule has 9 heteroatoms. The summed E-state index contributed by atoms with van der Waals surface area (Å²) in [7, 11) is 0. The predicted octanol–water partition coefficient (Wildman–Crippen LogP) is 6.27. The topological polar surface area (TPSA) is 67.6 Å². The van der Waals surface area contributed by atoms with Crippen LogP contribution in [0.25, 0.3) is 22.6 Å². The average molecular weight is 509 g/mol. The summed E-state index contributed by atoms with van der Waals surface area (Å²) in [6, 6.07) is 14.5. The fourth-order valence-electron chi connectivity index (χ4n) is 3.75. The van der Waals surface area contributed by atoms with Gasteiger partial charge in [0.2, 0.25) is 0 Å². The van der Waals surface area contributed by atoms with Crippen LogP contribution in [0.15, 0.2) is 53.1 Å². The third kappa shape index (κ3) is 6.42. The molecular weight excluding hydrogens is 485 g/mol. The number of hydrogen-bond acceptors (Lipinski definition) is 5. The monoisotopic (exact) mass is 507 g/mol. The molecule has 0 unspecified atom stereocenters. The van der Waals surface area contributed by atoms with E-state index in [4.69, 9.17) is 44.1 Å². The molecule has 0 aliphatic carbocycles. The Morgan fingerprint density at radius 3 is 2.70 bits per heavy atom. The summed E-state index contributed by atoms with van der Waals surface area (Å²) in [5.74, 6) is 0.760. The van der Waals surface area contributed by atoms with Gasteiger partial charge in [0.25, 0.3) is 5.91 Å². The summed E-state index contributed by atoms with van der Waals surface area (Å²) in [5, 5.41) is 7.33. The molecule has 1 aromatic heterocycles. The first-order chi connectivity index (χ1) is 16.0. The van der Waals surface area contributed by atoms with Crippen molar-refractivity contribution in [3.63, 3.8) is 0 Å². The molecule has 1 aliphatic rings. The molecule has 3 aromatic rings. The van der Waals surface area contributed by atoms with Gasteiger partial charge in [0, 0.05) is 29.4 Å². The fourth-order valence-corrected chi connectivity index (χ4v) is 4.13. The van der Waals surface area contributed by atoms with E-state index in [9.17, 15) is 4.79 Å². The number of carbonyl (C=O) groups excluding carboxylic acids is 1. The van der Waals surface area contributed by atoms with Crippen LogP contribution in [0.5, 0.6) is 5.75 Å². The number of likely N-dealkylation sites (tertiary alicyclic amines) is 1. The van der Waals surface area contributed by atoms with E-state index in [0.29, 0.717) is 28.8 Å². The lowest BCUT2D eigenvalue weighted by Crippen LogP contribution is -2.33. The molecule has 0 radical (unpaired) electrons. The van der Waals surface area contributed by atoms with Crippen LogP contribution in [0.1, 0.15) is 19.3 Å². The summed E-state index contributed by atoms with van der Waals surface area (Å²) >= 11 is 17.7. The first-order valence-electron chi connectivity index (χ1n) is 10.8. The number of alkyl halides is 2. The van der Waals surface area contributed by atoms with Crippen LogP contribution in [-0.4, -0.2) is 47.0 Å². The molecule has 2 heterocycles. The van der Waals surface area contributed by atoms with Gasteiger partial charge in [-0.1, -0.05) is 58.5 Å². The number of hydrogen-bond donors (Lipinski definition) is 1. The number of halogens is 3. The molecular formula is C24H24Cl3N3O3. The van der Waals surface area contributed by atoms with Gasteiger partial charge in [-0.15, -0.1) is 0 Å². The quantitative estimate of drug-likeness (QED) is 0.363. The molecule has 1 N–H and O–H groups in total. The Balaban J connectivity index is 1.41. The zero-order chi connectivity index (χ0) is 23.2.